The number of hydrogen-bond donors (Lipinski definition) is 2. The molecule has 0 bridgehead atoms. The molecule has 0 spiro atoms. The first-order valence-electron chi connectivity index (χ1n) is 10.1. The lowest BCUT2D eigenvalue weighted by atomic mass is 10.1. The van der Waals surface area contributed by atoms with Gasteiger partial charge in [0.2, 0.25) is 0 Å². The Hall–Kier alpha value is -2.67. The van der Waals surface area contributed by atoms with E-state index in [1.165, 1.54) is 0 Å². The van der Waals surface area contributed by atoms with Crippen molar-refractivity contribution in [1.82, 2.24) is 20.2 Å². The Labute approximate surface area is 164 Å². The van der Waals surface area contributed by atoms with Crippen LogP contribution in [0.2, 0.25) is 0 Å². The van der Waals surface area contributed by atoms with E-state index in [1.807, 2.05) is 18.2 Å². The van der Waals surface area contributed by atoms with Gasteiger partial charge in [-0.1, -0.05) is 6.92 Å². The highest BCUT2D eigenvalue weighted by molar-refractivity contribution is 5.93. The zero-order valence-corrected chi connectivity index (χ0v) is 16.4. The molecule has 1 aliphatic heterocycles. The van der Waals surface area contributed by atoms with Crippen molar-refractivity contribution in [2.75, 3.05) is 11.4 Å². The van der Waals surface area contributed by atoms with Gasteiger partial charge in [-0.15, -0.1) is 0 Å². The van der Waals surface area contributed by atoms with Crippen molar-refractivity contribution < 1.29 is 4.74 Å². The minimum atomic E-state index is 0.0321. The van der Waals surface area contributed by atoms with Gasteiger partial charge in [-0.2, -0.15) is 5.10 Å². The van der Waals surface area contributed by atoms with E-state index in [2.05, 4.69) is 45.0 Å². The van der Waals surface area contributed by atoms with Crippen molar-refractivity contribution in [3.8, 4) is 17.1 Å². The molecule has 1 aromatic carbocycles. The van der Waals surface area contributed by atoms with Crippen LogP contribution in [0.15, 0.2) is 30.6 Å². The summed E-state index contributed by atoms with van der Waals surface area (Å²) >= 11 is 0. The molecule has 2 unspecified atom stereocenters. The van der Waals surface area contributed by atoms with Crippen LogP contribution in [0, 0.1) is 0 Å². The fourth-order valence-electron chi connectivity index (χ4n) is 4.19. The van der Waals surface area contributed by atoms with Gasteiger partial charge < -0.3 is 15.4 Å². The molecule has 0 amide bonds. The maximum atomic E-state index is 6.26. The van der Waals surface area contributed by atoms with Crippen molar-refractivity contribution >= 4 is 16.7 Å². The first kappa shape index (κ1) is 17.4. The number of fused-ring (bicyclic) bond motifs is 1. The third kappa shape index (κ3) is 2.99. The zero-order valence-electron chi connectivity index (χ0n) is 16.4. The largest absolute Gasteiger partial charge is 0.487 e. The number of H-pyrrole nitrogens is 1. The molecule has 7 nitrogen and oxygen atoms in total. The van der Waals surface area contributed by atoms with Gasteiger partial charge in [-0.25, -0.2) is 9.97 Å². The van der Waals surface area contributed by atoms with Crippen LogP contribution >= 0.6 is 0 Å². The summed E-state index contributed by atoms with van der Waals surface area (Å²) in [6.45, 7) is 5.18. The number of aromatic amines is 1. The molecule has 0 radical (unpaired) electrons. The number of benzene rings is 1. The Morgan fingerprint density at radius 2 is 2.14 bits per heavy atom. The predicted molar refractivity (Wildman–Crippen MR) is 109 cm³/mol. The topological polar surface area (TPSA) is 93.0 Å². The number of nitrogens with two attached hydrogens (primary N) is 1. The highest BCUT2D eigenvalue weighted by Crippen LogP contribution is 2.43. The quantitative estimate of drug-likeness (QED) is 0.708. The first-order chi connectivity index (χ1) is 13.6. The van der Waals surface area contributed by atoms with E-state index >= 15 is 0 Å². The fourth-order valence-corrected chi connectivity index (χ4v) is 4.19. The minimum absolute atomic E-state index is 0.0321. The molecule has 2 atom stereocenters. The third-order valence-electron chi connectivity index (χ3n) is 6.12. The Bertz CT molecular complexity index is 1010. The van der Waals surface area contributed by atoms with E-state index in [9.17, 15) is 0 Å². The number of aromatic nitrogens is 4. The van der Waals surface area contributed by atoms with E-state index in [1.54, 1.807) is 6.33 Å². The van der Waals surface area contributed by atoms with Gasteiger partial charge in [-0.05, 0) is 50.8 Å². The van der Waals surface area contributed by atoms with Crippen molar-refractivity contribution in [3.05, 3.63) is 30.6 Å². The van der Waals surface area contributed by atoms with E-state index in [4.69, 9.17) is 10.5 Å². The second kappa shape index (κ2) is 6.44. The fraction of sp³-hybridized carbons (Fsp3) is 0.476. The molecule has 5 rings (SSSR count). The van der Waals surface area contributed by atoms with E-state index in [-0.39, 0.29) is 11.6 Å². The molecular weight excluding hydrogens is 352 g/mol. The van der Waals surface area contributed by atoms with E-state index in [0.717, 1.165) is 66.1 Å². The summed E-state index contributed by atoms with van der Waals surface area (Å²) < 4.78 is 6.26. The maximum absolute atomic E-state index is 6.26. The summed E-state index contributed by atoms with van der Waals surface area (Å²) in [5.74, 6) is 1.79. The number of nitrogens with one attached hydrogen (secondary N) is 1. The van der Waals surface area contributed by atoms with Gasteiger partial charge in [0.15, 0.2) is 0 Å². The van der Waals surface area contributed by atoms with E-state index in [0.29, 0.717) is 6.04 Å². The zero-order chi connectivity index (χ0) is 19.3. The van der Waals surface area contributed by atoms with Crippen LogP contribution in [0.1, 0.15) is 39.5 Å². The lowest BCUT2D eigenvalue weighted by molar-refractivity contribution is 0.175. The molecular formula is C21H26N6O. The third-order valence-corrected chi connectivity index (χ3v) is 6.12. The Morgan fingerprint density at radius 3 is 2.86 bits per heavy atom. The predicted octanol–water partition coefficient (Wildman–Crippen LogP) is 3.27. The first-order valence-corrected chi connectivity index (χ1v) is 10.1. The lowest BCUT2D eigenvalue weighted by Crippen LogP contribution is -2.29. The molecule has 3 aromatic rings. The monoisotopic (exact) mass is 378 g/mol. The molecule has 3 N–H and O–H groups in total. The SMILES string of the molecule is CCC1(Oc2ccc3[nH]nc(-c4cc(N5CC(N)CC5C)ncn4)c3c2)CC1. The molecule has 3 heterocycles. The number of anilines is 1. The summed E-state index contributed by atoms with van der Waals surface area (Å²) in [7, 11) is 0. The Morgan fingerprint density at radius 1 is 1.29 bits per heavy atom. The van der Waals surface area contributed by atoms with Crippen LogP contribution in [-0.4, -0.2) is 44.4 Å². The van der Waals surface area contributed by atoms with Crippen LogP contribution in [0.3, 0.4) is 0 Å². The lowest BCUT2D eigenvalue weighted by Gasteiger charge is -2.22. The Balaban J connectivity index is 1.50. The highest BCUT2D eigenvalue weighted by atomic mass is 16.5. The highest BCUT2D eigenvalue weighted by Gasteiger charge is 2.43. The standard InChI is InChI=1S/C21H26N6O/c1-3-21(6-7-21)28-15-4-5-17-16(9-15)20(26-25-17)18-10-19(24-12-23-18)27-11-14(22)8-13(27)2/h4-5,9-10,12-14H,3,6-8,11,22H2,1-2H3,(H,25,26). The molecule has 7 heteroatoms. The maximum Gasteiger partial charge on any atom is 0.132 e. The number of hydrogen-bond acceptors (Lipinski definition) is 6. The number of ether oxygens (including phenoxy) is 1. The van der Waals surface area contributed by atoms with Crippen molar-refractivity contribution in [2.45, 2.75) is 57.2 Å². The van der Waals surface area contributed by atoms with Crippen LogP contribution < -0.4 is 15.4 Å². The van der Waals surface area contributed by atoms with Gasteiger partial charge in [0, 0.05) is 30.1 Å². The number of nitrogens with zero attached hydrogens (tertiary/aromatic N) is 4. The average Bonchev–Trinajstić information content (AvgIpc) is 3.21. The summed E-state index contributed by atoms with van der Waals surface area (Å²) in [6.07, 6.45) is 5.88. The second-order valence-electron chi connectivity index (χ2n) is 8.18. The van der Waals surface area contributed by atoms with Gasteiger partial charge >= 0.3 is 0 Å². The van der Waals surface area contributed by atoms with Crippen LogP contribution in [0.25, 0.3) is 22.3 Å². The summed E-state index contributed by atoms with van der Waals surface area (Å²) in [5, 5.41) is 8.65. The minimum Gasteiger partial charge on any atom is -0.487 e. The molecule has 2 aliphatic rings. The average molecular weight is 378 g/mol. The van der Waals surface area contributed by atoms with Gasteiger partial charge in [0.25, 0.3) is 0 Å². The normalized spacial score (nSPS) is 23.3. The summed E-state index contributed by atoms with van der Waals surface area (Å²) in [4.78, 5) is 11.2. The van der Waals surface area contributed by atoms with Crippen LogP contribution in [-0.2, 0) is 0 Å². The Kier molecular flexibility index (Phi) is 4.01. The van der Waals surface area contributed by atoms with Crippen molar-refractivity contribution in [1.29, 1.82) is 0 Å². The van der Waals surface area contributed by atoms with Crippen molar-refractivity contribution in [3.63, 3.8) is 0 Å². The van der Waals surface area contributed by atoms with Crippen LogP contribution in [0.4, 0.5) is 5.82 Å². The smallest absolute Gasteiger partial charge is 0.132 e. The molecule has 1 saturated heterocycles. The molecule has 2 fully saturated rings. The van der Waals surface area contributed by atoms with Crippen LogP contribution in [0.5, 0.6) is 5.75 Å². The summed E-state index contributed by atoms with van der Waals surface area (Å²) in [6, 6.07) is 8.67. The molecule has 28 heavy (non-hydrogen) atoms. The second-order valence-corrected chi connectivity index (χ2v) is 8.18. The molecule has 2 aromatic heterocycles. The van der Waals surface area contributed by atoms with Gasteiger partial charge in [0.05, 0.1) is 11.2 Å². The summed E-state index contributed by atoms with van der Waals surface area (Å²) in [5.41, 5.74) is 8.76. The molecule has 1 saturated carbocycles. The molecule has 1 aliphatic carbocycles. The van der Waals surface area contributed by atoms with Gasteiger partial charge in [0.1, 0.15) is 29.2 Å². The number of rotatable bonds is 5. The van der Waals surface area contributed by atoms with Gasteiger partial charge in [-0.3, -0.25) is 5.10 Å². The van der Waals surface area contributed by atoms with Crippen molar-refractivity contribution in [2.24, 2.45) is 5.73 Å². The molecule has 146 valence electrons. The van der Waals surface area contributed by atoms with E-state index < -0.39 is 0 Å².